The summed E-state index contributed by atoms with van der Waals surface area (Å²) in [5.74, 6) is 2.94. The summed E-state index contributed by atoms with van der Waals surface area (Å²) in [5.41, 5.74) is 3.65. The Kier molecular flexibility index (Phi) is 4.24. The van der Waals surface area contributed by atoms with Crippen LogP contribution in [0.4, 0.5) is 0 Å². The molecule has 124 valence electrons. The number of benzene rings is 2. The van der Waals surface area contributed by atoms with E-state index in [1.54, 1.807) is 0 Å². The minimum Gasteiger partial charge on any atom is -0.494 e. The lowest BCUT2D eigenvalue weighted by molar-refractivity contribution is 0.303. The highest BCUT2D eigenvalue weighted by atomic mass is 16.5. The summed E-state index contributed by atoms with van der Waals surface area (Å²) in [4.78, 5) is 4.86. The highest BCUT2D eigenvalue weighted by molar-refractivity contribution is 5.76. The fourth-order valence-corrected chi connectivity index (χ4v) is 3.25. The number of hydrogen-bond donors (Lipinski definition) is 0. The summed E-state index contributed by atoms with van der Waals surface area (Å²) in [6.45, 7) is 3.90. The second kappa shape index (κ2) is 6.68. The van der Waals surface area contributed by atoms with Crippen LogP contribution in [0.15, 0.2) is 48.5 Å². The van der Waals surface area contributed by atoms with Gasteiger partial charge in [-0.1, -0.05) is 24.3 Å². The van der Waals surface area contributed by atoms with Crippen LogP contribution in [0.3, 0.4) is 0 Å². The monoisotopic (exact) mass is 320 g/mol. The first-order valence-electron chi connectivity index (χ1n) is 8.96. The zero-order valence-corrected chi connectivity index (χ0v) is 14.2. The Morgan fingerprint density at radius 2 is 1.96 bits per heavy atom. The molecule has 1 aromatic heterocycles. The van der Waals surface area contributed by atoms with E-state index >= 15 is 0 Å². The van der Waals surface area contributed by atoms with Crippen LogP contribution in [0.1, 0.15) is 43.0 Å². The average Bonchev–Trinajstić information content (AvgIpc) is 3.37. The van der Waals surface area contributed by atoms with Crippen LogP contribution in [0.25, 0.3) is 11.0 Å². The minimum atomic E-state index is 0.681. The molecule has 3 nitrogen and oxygen atoms in total. The normalized spacial score (nSPS) is 14.2. The number of imidazole rings is 1. The molecule has 1 aliphatic rings. The smallest absolute Gasteiger partial charge is 0.119 e. The van der Waals surface area contributed by atoms with E-state index in [2.05, 4.69) is 47.9 Å². The van der Waals surface area contributed by atoms with Gasteiger partial charge in [-0.15, -0.1) is 0 Å². The molecule has 0 saturated heterocycles. The molecule has 0 N–H and O–H groups in total. The van der Waals surface area contributed by atoms with Gasteiger partial charge in [0.15, 0.2) is 0 Å². The molecular weight excluding hydrogens is 296 g/mol. The fraction of sp³-hybridized carbons (Fsp3) is 0.381. The fourth-order valence-electron chi connectivity index (χ4n) is 3.25. The van der Waals surface area contributed by atoms with Gasteiger partial charge in [0.05, 0.1) is 17.6 Å². The minimum absolute atomic E-state index is 0.681. The van der Waals surface area contributed by atoms with Crippen molar-refractivity contribution >= 4 is 11.0 Å². The Morgan fingerprint density at radius 3 is 2.79 bits per heavy atom. The van der Waals surface area contributed by atoms with Crippen molar-refractivity contribution in [1.82, 2.24) is 9.55 Å². The number of para-hydroxylation sites is 2. The number of rotatable bonds is 7. The van der Waals surface area contributed by atoms with E-state index in [4.69, 9.17) is 9.72 Å². The number of aromatic nitrogens is 2. The molecule has 1 heterocycles. The van der Waals surface area contributed by atoms with Gasteiger partial charge in [0, 0.05) is 12.5 Å². The van der Waals surface area contributed by atoms with Crippen LogP contribution < -0.4 is 4.74 Å². The highest BCUT2D eigenvalue weighted by Gasteiger charge is 2.29. The summed E-state index contributed by atoms with van der Waals surface area (Å²) in [7, 11) is 0. The van der Waals surface area contributed by atoms with Crippen LogP contribution in [-0.2, 0) is 6.54 Å². The highest BCUT2D eigenvalue weighted by Crippen LogP contribution is 2.40. The van der Waals surface area contributed by atoms with Crippen molar-refractivity contribution in [3.05, 3.63) is 59.9 Å². The molecule has 1 fully saturated rings. The molecule has 1 aliphatic carbocycles. The molecule has 2 aromatic carbocycles. The number of unbranched alkanes of at least 4 members (excludes halogenated alkanes) is 1. The van der Waals surface area contributed by atoms with E-state index in [9.17, 15) is 0 Å². The summed E-state index contributed by atoms with van der Waals surface area (Å²) >= 11 is 0. The maximum Gasteiger partial charge on any atom is 0.119 e. The molecule has 3 heteroatoms. The molecule has 4 rings (SSSR count). The molecular formula is C21H24N2O. The number of ether oxygens (including phenoxy) is 1. The summed E-state index contributed by atoms with van der Waals surface area (Å²) in [6, 6.07) is 16.8. The summed E-state index contributed by atoms with van der Waals surface area (Å²) in [6.07, 6.45) is 4.76. The Morgan fingerprint density at radius 1 is 1.08 bits per heavy atom. The third-order valence-electron chi connectivity index (χ3n) is 4.66. The van der Waals surface area contributed by atoms with Crippen LogP contribution in [-0.4, -0.2) is 16.2 Å². The maximum absolute atomic E-state index is 5.86. The van der Waals surface area contributed by atoms with Crippen molar-refractivity contribution in [2.24, 2.45) is 0 Å². The molecule has 0 bridgehead atoms. The zero-order valence-electron chi connectivity index (χ0n) is 14.2. The van der Waals surface area contributed by atoms with Crippen molar-refractivity contribution in [3.63, 3.8) is 0 Å². The van der Waals surface area contributed by atoms with Gasteiger partial charge < -0.3 is 9.30 Å². The first kappa shape index (κ1) is 15.3. The van der Waals surface area contributed by atoms with Gasteiger partial charge in [-0.25, -0.2) is 4.98 Å². The van der Waals surface area contributed by atoms with E-state index in [0.29, 0.717) is 5.92 Å². The third kappa shape index (κ3) is 3.30. The van der Waals surface area contributed by atoms with Crippen LogP contribution in [0.5, 0.6) is 5.75 Å². The first-order valence-corrected chi connectivity index (χ1v) is 8.96. The zero-order chi connectivity index (χ0) is 16.4. The number of aryl methyl sites for hydroxylation is 2. The lowest BCUT2D eigenvalue weighted by atomic mass is 10.2. The van der Waals surface area contributed by atoms with Gasteiger partial charge in [0.1, 0.15) is 11.6 Å². The largest absolute Gasteiger partial charge is 0.494 e. The predicted octanol–water partition coefficient (Wildman–Crippen LogP) is 5.08. The van der Waals surface area contributed by atoms with Crippen molar-refractivity contribution < 1.29 is 4.74 Å². The quantitative estimate of drug-likeness (QED) is 0.568. The Balaban J connectivity index is 1.36. The SMILES string of the molecule is Cc1cccc(OCCCCn2c(C3CC3)nc3ccccc32)c1. The van der Waals surface area contributed by atoms with Crippen LogP contribution in [0.2, 0.25) is 0 Å². The Hall–Kier alpha value is -2.29. The molecule has 1 saturated carbocycles. The van der Waals surface area contributed by atoms with Gasteiger partial charge in [-0.05, 0) is 62.4 Å². The van der Waals surface area contributed by atoms with Gasteiger partial charge in [-0.3, -0.25) is 0 Å². The Labute approximate surface area is 143 Å². The number of hydrogen-bond acceptors (Lipinski definition) is 2. The molecule has 0 radical (unpaired) electrons. The molecule has 24 heavy (non-hydrogen) atoms. The predicted molar refractivity (Wildman–Crippen MR) is 97.6 cm³/mol. The van der Waals surface area contributed by atoms with Crippen molar-refractivity contribution in [2.45, 2.75) is 45.1 Å². The van der Waals surface area contributed by atoms with Crippen LogP contribution in [0, 0.1) is 6.92 Å². The first-order chi connectivity index (χ1) is 11.8. The molecule has 0 atom stereocenters. The van der Waals surface area contributed by atoms with Crippen molar-refractivity contribution in [1.29, 1.82) is 0 Å². The lowest BCUT2D eigenvalue weighted by Crippen LogP contribution is -2.05. The van der Waals surface area contributed by atoms with Gasteiger partial charge in [-0.2, -0.15) is 0 Å². The molecule has 3 aromatic rings. The summed E-state index contributed by atoms with van der Waals surface area (Å²) < 4.78 is 8.29. The molecule has 0 spiro atoms. The number of fused-ring (bicyclic) bond motifs is 1. The van der Waals surface area contributed by atoms with E-state index in [-0.39, 0.29) is 0 Å². The molecule has 0 unspecified atom stereocenters. The van der Waals surface area contributed by atoms with Gasteiger partial charge in [0.2, 0.25) is 0 Å². The maximum atomic E-state index is 5.86. The van der Waals surface area contributed by atoms with E-state index in [1.807, 2.05) is 12.1 Å². The average molecular weight is 320 g/mol. The van der Waals surface area contributed by atoms with Crippen molar-refractivity contribution in [2.75, 3.05) is 6.61 Å². The summed E-state index contributed by atoms with van der Waals surface area (Å²) in [5, 5.41) is 0. The van der Waals surface area contributed by atoms with E-state index < -0.39 is 0 Å². The molecule has 0 aliphatic heterocycles. The second-order valence-corrected chi connectivity index (χ2v) is 6.76. The Bertz CT molecular complexity index is 833. The number of nitrogens with zero attached hydrogens (tertiary/aromatic N) is 2. The second-order valence-electron chi connectivity index (χ2n) is 6.76. The van der Waals surface area contributed by atoms with Crippen molar-refractivity contribution in [3.8, 4) is 5.75 Å². The lowest BCUT2D eigenvalue weighted by Gasteiger charge is -2.10. The van der Waals surface area contributed by atoms with Gasteiger partial charge in [0.25, 0.3) is 0 Å². The standard InChI is InChI=1S/C21H24N2O/c1-16-7-6-8-18(15-16)24-14-5-4-13-23-20-10-3-2-9-19(20)22-21(23)17-11-12-17/h2-3,6-10,15,17H,4-5,11-14H2,1H3. The third-order valence-corrected chi connectivity index (χ3v) is 4.66. The van der Waals surface area contributed by atoms with Gasteiger partial charge >= 0.3 is 0 Å². The van der Waals surface area contributed by atoms with E-state index in [0.717, 1.165) is 37.3 Å². The molecule has 0 amide bonds. The van der Waals surface area contributed by atoms with E-state index in [1.165, 1.54) is 29.7 Å². The topological polar surface area (TPSA) is 27.1 Å². The van der Waals surface area contributed by atoms with Crippen LogP contribution >= 0.6 is 0 Å².